The van der Waals surface area contributed by atoms with Crippen molar-refractivity contribution in [3.63, 3.8) is 0 Å². The van der Waals surface area contributed by atoms with Crippen LogP contribution in [0.15, 0.2) is 60.7 Å². The van der Waals surface area contributed by atoms with Crippen molar-refractivity contribution in [2.75, 3.05) is 7.11 Å². The Hall–Kier alpha value is -3.60. The number of hydrogen-bond donors (Lipinski definition) is 0. The Labute approximate surface area is 181 Å². The fraction of sp³-hybridized carbons (Fsp3) is 0.231. The molecule has 0 unspecified atom stereocenters. The zero-order valence-corrected chi connectivity index (χ0v) is 17.7. The number of hydrogen-bond acceptors (Lipinski definition) is 3. The lowest BCUT2D eigenvalue weighted by Gasteiger charge is -2.19. The highest BCUT2D eigenvalue weighted by molar-refractivity contribution is 6.01. The number of carbonyl (C=O) groups excluding carboxylic acids is 2. The van der Waals surface area contributed by atoms with Gasteiger partial charge in [0.1, 0.15) is 5.75 Å². The quantitative estimate of drug-likeness (QED) is 0.627. The van der Waals surface area contributed by atoms with Gasteiger partial charge >= 0.3 is 0 Å². The van der Waals surface area contributed by atoms with Gasteiger partial charge in [0.05, 0.1) is 12.7 Å². The Morgan fingerprint density at radius 1 is 0.806 bits per heavy atom. The van der Waals surface area contributed by atoms with E-state index in [1.165, 1.54) is 0 Å². The second-order valence-corrected chi connectivity index (χ2v) is 8.25. The van der Waals surface area contributed by atoms with Crippen LogP contribution in [0, 0.1) is 6.92 Å². The number of amides is 2. The number of benzene rings is 3. The molecule has 0 aliphatic carbocycles. The van der Waals surface area contributed by atoms with Crippen LogP contribution in [0.4, 0.5) is 0 Å². The van der Waals surface area contributed by atoms with Crippen molar-refractivity contribution in [2.45, 2.75) is 33.1 Å². The molecule has 2 aliphatic heterocycles. The monoisotopic (exact) mass is 412 g/mol. The highest BCUT2D eigenvalue weighted by Gasteiger charge is 2.31. The second-order valence-electron chi connectivity index (χ2n) is 8.25. The first-order valence-electron chi connectivity index (χ1n) is 10.5. The molecule has 2 aliphatic rings. The smallest absolute Gasteiger partial charge is 0.258 e. The van der Waals surface area contributed by atoms with Crippen molar-refractivity contribution >= 4 is 11.8 Å². The van der Waals surface area contributed by atoms with Gasteiger partial charge in [-0.2, -0.15) is 0 Å². The summed E-state index contributed by atoms with van der Waals surface area (Å²) < 4.78 is 5.50. The molecule has 2 amide bonds. The van der Waals surface area contributed by atoms with Gasteiger partial charge in [-0.15, -0.1) is 0 Å². The minimum absolute atomic E-state index is 0.00567. The summed E-state index contributed by atoms with van der Waals surface area (Å²) in [4.78, 5) is 29.5. The molecule has 0 saturated heterocycles. The van der Waals surface area contributed by atoms with E-state index in [4.69, 9.17) is 4.74 Å². The average Bonchev–Trinajstić information content (AvgIpc) is 3.25. The maximum absolute atomic E-state index is 13.1. The molecule has 3 aromatic carbocycles. The molecular weight excluding hydrogens is 388 g/mol. The molecule has 0 atom stereocenters. The third-order valence-corrected chi connectivity index (χ3v) is 6.14. The molecule has 0 N–H and O–H groups in total. The van der Waals surface area contributed by atoms with Gasteiger partial charge in [-0.3, -0.25) is 9.59 Å². The Balaban J connectivity index is 1.32. The molecule has 156 valence electrons. The van der Waals surface area contributed by atoms with Gasteiger partial charge in [0.2, 0.25) is 0 Å². The number of nitrogens with zero attached hydrogens (tertiary/aromatic N) is 2. The largest absolute Gasteiger partial charge is 0.496 e. The molecule has 0 spiro atoms. The van der Waals surface area contributed by atoms with Crippen molar-refractivity contribution in [1.82, 2.24) is 9.80 Å². The summed E-state index contributed by atoms with van der Waals surface area (Å²) in [5, 5.41) is 0. The van der Waals surface area contributed by atoms with Crippen LogP contribution in [0.3, 0.4) is 0 Å². The first kappa shape index (κ1) is 19.4. The molecular formula is C26H24N2O3. The lowest BCUT2D eigenvalue weighted by Crippen LogP contribution is -2.24. The second kappa shape index (κ2) is 7.58. The van der Waals surface area contributed by atoms with Gasteiger partial charge in [-0.1, -0.05) is 54.6 Å². The van der Waals surface area contributed by atoms with Gasteiger partial charge < -0.3 is 14.5 Å². The number of rotatable bonds is 5. The molecule has 3 aromatic rings. The van der Waals surface area contributed by atoms with Crippen molar-refractivity contribution in [1.29, 1.82) is 0 Å². The first-order valence-corrected chi connectivity index (χ1v) is 10.5. The van der Waals surface area contributed by atoms with Crippen LogP contribution in [0.5, 0.6) is 5.75 Å². The summed E-state index contributed by atoms with van der Waals surface area (Å²) in [6, 6.07) is 19.9. The summed E-state index contributed by atoms with van der Waals surface area (Å²) in [6.45, 7) is 4.25. The normalized spacial score (nSPS) is 14.8. The average molecular weight is 412 g/mol. The van der Waals surface area contributed by atoms with Crippen molar-refractivity contribution in [2.24, 2.45) is 0 Å². The summed E-state index contributed by atoms with van der Waals surface area (Å²) >= 11 is 0. The van der Waals surface area contributed by atoms with E-state index in [-0.39, 0.29) is 11.8 Å². The molecule has 5 heteroatoms. The van der Waals surface area contributed by atoms with Gasteiger partial charge in [0, 0.05) is 31.7 Å². The summed E-state index contributed by atoms with van der Waals surface area (Å²) in [6.07, 6.45) is 0. The van der Waals surface area contributed by atoms with Crippen LogP contribution in [0.2, 0.25) is 0 Å². The van der Waals surface area contributed by atoms with Crippen molar-refractivity contribution in [3.8, 4) is 5.75 Å². The molecule has 5 rings (SSSR count). The lowest BCUT2D eigenvalue weighted by molar-refractivity contribution is 0.0761. The van der Waals surface area contributed by atoms with E-state index in [9.17, 15) is 9.59 Å². The van der Waals surface area contributed by atoms with Gasteiger partial charge in [0.15, 0.2) is 0 Å². The molecule has 2 heterocycles. The van der Waals surface area contributed by atoms with Crippen LogP contribution < -0.4 is 4.74 Å². The molecule has 31 heavy (non-hydrogen) atoms. The third-order valence-electron chi connectivity index (χ3n) is 6.14. The summed E-state index contributed by atoms with van der Waals surface area (Å²) in [7, 11) is 1.61. The molecule has 0 bridgehead atoms. The fourth-order valence-electron chi connectivity index (χ4n) is 4.63. The fourth-order valence-corrected chi connectivity index (χ4v) is 4.63. The van der Waals surface area contributed by atoms with Crippen LogP contribution >= 0.6 is 0 Å². The maximum Gasteiger partial charge on any atom is 0.258 e. The van der Waals surface area contributed by atoms with E-state index >= 15 is 0 Å². The summed E-state index contributed by atoms with van der Waals surface area (Å²) in [5.74, 6) is 0.755. The number of carbonyl (C=O) groups is 2. The minimum atomic E-state index is 0.00567. The Bertz CT molecular complexity index is 1200. The van der Waals surface area contributed by atoms with E-state index in [0.29, 0.717) is 37.5 Å². The predicted octanol–water partition coefficient (Wildman–Crippen LogP) is 4.32. The van der Waals surface area contributed by atoms with Gasteiger partial charge in [-0.05, 0) is 40.8 Å². The number of ether oxygens (including phenoxy) is 1. The molecule has 5 nitrogen and oxygen atoms in total. The van der Waals surface area contributed by atoms with Gasteiger partial charge in [-0.25, -0.2) is 0 Å². The standard InChI is InChI=1S/C26H24N2O3/c1-17-10-11-21-16-28(26(30)23(21)24(17)31-2)14-19-7-5-6-18(12-19)13-27-15-20-8-3-4-9-22(20)25(27)29/h3-12H,13-16H2,1-2H3. The predicted molar refractivity (Wildman–Crippen MR) is 118 cm³/mol. The van der Waals surface area contributed by atoms with E-state index in [1.54, 1.807) is 7.11 Å². The van der Waals surface area contributed by atoms with Crippen LogP contribution in [-0.2, 0) is 26.2 Å². The minimum Gasteiger partial charge on any atom is -0.496 e. The zero-order chi connectivity index (χ0) is 21.5. The number of fused-ring (bicyclic) bond motifs is 2. The molecule has 0 saturated carbocycles. The highest BCUT2D eigenvalue weighted by atomic mass is 16.5. The van der Waals surface area contributed by atoms with Crippen molar-refractivity contribution < 1.29 is 14.3 Å². The van der Waals surface area contributed by atoms with Crippen LogP contribution in [-0.4, -0.2) is 28.7 Å². The molecule has 0 radical (unpaired) electrons. The third kappa shape index (κ3) is 3.36. The van der Waals surface area contributed by atoms with E-state index in [0.717, 1.165) is 33.4 Å². The van der Waals surface area contributed by atoms with E-state index in [1.807, 2.05) is 71.3 Å². The van der Waals surface area contributed by atoms with E-state index < -0.39 is 0 Å². The van der Waals surface area contributed by atoms with Crippen LogP contribution in [0.25, 0.3) is 0 Å². The molecule has 0 fully saturated rings. The SMILES string of the molecule is COc1c(C)ccc2c1C(=O)N(Cc1cccc(CN3Cc4ccccc4C3=O)c1)C2. The Morgan fingerprint density at radius 3 is 2.19 bits per heavy atom. The lowest BCUT2D eigenvalue weighted by atomic mass is 10.1. The van der Waals surface area contributed by atoms with Crippen molar-refractivity contribution in [3.05, 3.63) is 99.6 Å². The number of aryl methyl sites for hydroxylation is 1. The summed E-state index contributed by atoms with van der Waals surface area (Å²) in [5.41, 5.74) is 6.64. The van der Waals surface area contributed by atoms with Crippen LogP contribution in [0.1, 0.15) is 48.5 Å². The first-order chi connectivity index (χ1) is 15.0. The van der Waals surface area contributed by atoms with E-state index in [2.05, 4.69) is 6.07 Å². The molecule has 0 aromatic heterocycles. The Morgan fingerprint density at radius 2 is 1.48 bits per heavy atom. The van der Waals surface area contributed by atoms with Gasteiger partial charge in [0.25, 0.3) is 11.8 Å². The highest BCUT2D eigenvalue weighted by Crippen LogP contribution is 2.34. The Kier molecular flexibility index (Phi) is 4.74. The topological polar surface area (TPSA) is 49.9 Å². The zero-order valence-electron chi connectivity index (χ0n) is 17.7. The number of methoxy groups -OCH3 is 1. The maximum atomic E-state index is 13.1.